The van der Waals surface area contributed by atoms with Crippen LogP contribution in [0.3, 0.4) is 0 Å². The van der Waals surface area contributed by atoms with Gasteiger partial charge in [0.15, 0.2) is 0 Å². The lowest BCUT2D eigenvalue weighted by Gasteiger charge is -2.22. The first-order valence-electron chi connectivity index (χ1n) is 7.32. The molecule has 1 heterocycles. The number of carbonyl (C=O) groups excluding carboxylic acids is 2. The van der Waals surface area contributed by atoms with E-state index in [9.17, 15) is 9.59 Å². The van der Waals surface area contributed by atoms with E-state index in [1.54, 1.807) is 6.92 Å². The van der Waals surface area contributed by atoms with E-state index < -0.39 is 11.6 Å². The summed E-state index contributed by atoms with van der Waals surface area (Å²) >= 11 is 0. The highest BCUT2D eigenvalue weighted by Gasteiger charge is 2.41. The molecule has 114 valence electrons. The third kappa shape index (κ3) is 3.91. The SMILES string of the molecule is CC(=O)C1CC(C(=O)OC(C)(C)C)NC1c1ccccc1. The molecule has 3 atom stereocenters. The molecule has 2 rings (SSSR count). The van der Waals surface area contributed by atoms with Gasteiger partial charge in [-0.1, -0.05) is 30.3 Å². The number of ether oxygens (including phenoxy) is 1. The van der Waals surface area contributed by atoms with Gasteiger partial charge in [-0.25, -0.2) is 0 Å². The van der Waals surface area contributed by atoms with Crippen molar-refractivity contribution in [1.29, 1.82) is 0 Å². The summed E-state index contributed by atoms with van der Waals surface area (Å²) in [4.78, 5) is 24.1. The monoisotopic (exact) mass is 289 g/mol. The number of ketones is 1. The molecule has 0 radical (unpaired) electrons. The van der Waals surface area contributed by atoms with Crippen molar-refractivity contribution in [2.75, 3.05) is 0 Å². The van der Waals surface area contributed by atoms with Crippen LogP contribution in [0.1, 0.15) is 45.7 Å². The first-order chi connectivity index (χ1) is 9.78. The van der Waals surface area contributed by atoms with E-state index in [2.05, 4.69) is 5.32 Å². The zero-order valence-electron chi connectivity index (χ0n) is 13.1. The van der Waals surface area contributed by atoms with Gasteiger partial charge in [0, 0.05) is 12.0 Å². The molecule has 0 spiro atoms. The molecule has 1 N–H and O–H groups in total. The van der Waals surface area contributed by atoms with Crippen LogP contribution in [-0.4, -0.2) is 23.4 Å². The fourth-order valence-corrected chi connectivity index (χ4v) is 2.72. The Kier molecular flexibility index (Phi) is 4.47. The number of rotatable bonds is 3. The lowest BCUT2D eigenvalue weighted by atomic mass is 9.90. The minimum Gasteiger partial charge on any atom is -0.459 e. The quantitative estimate of drug-likeness (QED) is 0.869. The average molecular weight is 289 g/mol. The van der Waals surface area contributed by atoms with E-state index in [4.69, 9.17) is 4.74 Å². The lowest BCUT2D eigenvalue weighted by Crippen LogP contribution is -2.38. The van der Waals surface area contributed by atoms with Gasteiger partial charge in [-0.15, -0.1) is 0 Å². The fourth-order valence-electron chi connectivity index (χ4n) is 2.72. The highest BCUT2D eigenvalue weighted by atomic mass is 16.6. The Morgan fingerprint density at radius 2 is 1.81 bits per heavy atom. The van der Waals surface area contributed by atoms with Crippen molar-refractivity contribution in [2.45, 2.75) is 51.8 Å². The molecule has 3 unspecified atom stereocenters. The highest BCUT2D eigenvalue weighted by molar-refractivity contribution is 5.83. The number of Topliss-reactive ketones (excluding diaryl/α,β-unsaturated/α-hetero) is 1. The summed E-state index contributed by atoms with van der Waals surface area (Å²) in [5.74, 6) is -0.375. The van der Waals surface area contributed by atoms with E-state index >= 15 is 0 Å². The van der Waals surface area contributed by atoms with Gasteiger partial charge >= 0.3 is 5.97 Å². The summed E-state index contributed by atoms with van der Waals surface area (Å²) in [6.45, 7) is 7.12. The number of esters is 1. The predicted molar refractivity (Wildman–Crippen MR) is 80.7 cm³/mol. The van der Waals surface area contributed by atoms with E-state index in [-0.39, 0.29) is 23.7 Å². The molecule has 0 aromatic heterocycles. The fraction of sp³-hybridized carbons (Fsp3) is 0.529. The molecule has 0 aliphatic carbocycles. The Balaban J connectivity index is 2.16. The maximum absolute atomic E-state index is 12.2. The molecule has 21 heavy (non-hydrogen) atoms. The summed E-state index contributed by atoms with van der Waals surface area (Å²) in [7, 11) is 0. The predicted octanol–water partition coefficient (Wildman–Crippen LogP) is 2.64. The maximum atomic E-state index is 12.2. The van der Waals surface area contributed by atoms with Crippen LogP contribution in [-0.2, 0) is 14.3 Å². The highest BCUT2D eigenvalue weighted by Crippen LogP contribution is 2.34. The molecular formula is C17H23NO3. The third-order valence-electron chi connectivity index (χ3n) is 3.64. The van der Waals surface area contributed by atoms with Gasteiger partial charge in [-0.2, -0.15) is 0 Å². The third-order valence-corrected chi connectivity index (χ3v) is 3.64. The van der Waals surface area contributed by atoms with Crippen LogP contribution in [0.5, 0.6) is 0 Å². The van der Waals surface area contributed by atoms with Crippen molar-refractivity contribution in [3.63, 3.8) is 0 Å². The number of nitrogens with one attached hydrogen (secondary N) is 1. The van der Waals surface area contributed by atoms with Gasteiger partial charge in [-0.3, -0.25) is 14.9 Å². The van der Waals surface area contributed by atoms with Gasteiger partial charge < -0.3 is 4.74 Å². The van der Waals surface area contributed by atoms with Crippen molar-refractivity contribution in [3.8, 4) is 0 Å². The second kappa shape index (κ2) is 5.98. The summed E-state index contributed by atoms with van der Waals surface area (Å²) in [5, 5.41) is 3.27. The molecular weight excluding hydrogens is 266 g/mol. The zero-order valence-corrected chi connectivity index (χ0v) is 13.1. The Morgan fingerprint density at radius 1 is 1.19 bits per heavy atom. The number of benzene rings is 1. The molecule has 1 aliphatic heterocycles. The Morgan fingerprint density at radius 3 is 2.33 bits per heavy atom. The van der Waals surface area contributed by atoms with Crippen molar-refractivity contribution in [2.24, 2.45) is 5.92 Å². The van der Waals surface area contributed by atoms with Crippen molar-refractivity contribution in [1.82, 2.24) is 5.32 Å². The first-order valence-corrected chi connectivity index (χ1v) is 7.32. The molecule has 0 saturated carbocycles. The zero-order chi connectivity index (χ0) is 15.6. The van der Waals surface area contributed by atoms with Crippen LogP contribution in [0.15, 0.2) is 30.3 Å². The Labute approximate surface area is 125 Å². The van der Waals surface area contributed by atoms with E-state index in [0.29, 0.717) is 6.42 Å². The van der Waals surface area contributed by atoms with E-state index in [1.807, 2.05) is 51.1 Å². The normalized spacial score (nSPS) is 25.6. The summed E-state index contributed by atoms with van der Waals surface area (Å²) in [5.41, 5.74) is 0.513. The van der Waals surface area contributed by atoms with Crippen LogP contribution in [0.2, 0.25) is 0 Å². The van der Waals surface area contributed by atoms with Crippen molar-refractivity contribution >= 4 is 11.8 Å². The Bertz CT molecular complexity index is 519. The van der Waals surface area contributed by atoms with E-state index in [1.165, 1.54) is 0 Å². The van der Waals surface area contributed by atoms with Crippen LogP contribution >= 0.6 is 0 Å². The number of hydrogen-bond donors (Lipinski definition) is 1. The van der Waals surface area contributed by atoms with Crippen LogP contribution in [0.25, 0.3) is 0 Å². The molecule has 4 nitrogen and oxygen atoms in total. The molecule has 0 bridgehead atoms. The molecule has 1 aromatic carbocycles. The van der Waals surface area contributed by atoms with Gasteiger partial charge in [0.25, 0.3) is 0 Å². The molecule has 1 aliphatic rings. The van der Waals surface area contributed by atoms with Gasteiger partial charge in [0.1, 0.15) is 17.4 Å². The second-order valence-electron chi connectivity index (χ2n) is 6.59. The van der Waals surface area contributed by atoms with Crippen LogP contribution in [0, 0.1) is 5.92 Å². The van der Waals surface area contributed by atoms with Gasteiger partial charge in [-0.05, 0) is 39.7 Å². The van der Waals surface area contributed by atoms with Gasteiger partial charge in [0.05, 0.1) is 0 Å². The minimum absolute atomic E-state index is 0.0995. The van der Waals surface area contributed by atoms with Crippen molar-refractivity contribution in [3.05, 3.63) is 35.9 Å². The standard InChI is InChI=1S/C17H23NO3/c1-11(19)13-10-14(16(20)21-17(2,3)4)18-15(13)12-8-6-5-7-9-12/h5-9,13-15,18H,10H2,1-4H3. The summed E-state index contributed by atoms with van der Waals surface area (Å²) < 4.78 is 5.42. The second-order valence-corrected chi connectivity index (χ2v) is 6.59. The summed E-state index contributed by atoms with van der Waals surface area (Å²) in [6.07, 6.45) is 0.490. The van der Waals surface area contributed by atoms with Crippen LogP contribution < -0.4 is 5.32 Å². The van der Waals surface area contributed by atoms with E-state index in [0.717, 1.165) is 5.56 Å². The topological polar surface area (TPSA) is 55.4 Å². The van der Waals surface area contributed by atoms with Crippen molar-refractivity contribution < 1.29 is 14.3 Å². The maximum Gasteiger partial charge on any atom is 0.323 e. The number of hydrogen-bond acceptors (Lipinski definition) is 4. The van der Waals surface area contributed by atoms with Gasteiger partial charge in [0.2, 0.25) is 0 Å². The largest absolute Gasteiger partial charge is 0.459 e. The molecule has 1 fully saturated rings. The summed E-state index contributed by atoms with van der Waals surface area (Å²) in [6, 6.07) is 9.22. The molecule has 1 aromatic rings. The average Bonchev–Trinajstić information content (AvgIpc) is 2.83. The molecule has 4 heteroatoms. The Hall–Kier alpha value is -1.68. The minimum atomic E-state index is -0.519. The first kappa shape index (κ1) is 15.7. The van der Waals surface area contributed by atoms with Crippen LogP contribution in [0.4, 0.5) is 0 Å². The molecule has 1 saturated heterocycles. The number of carbonyl (C=O) groups is 2. The molecule has 0 amide bonds. The lowest BCUT2D eigenvalue weighted by molar-refractivity contribution is -0.157. The smallest absolute Gasteiger partial charge is 0.323 e.